The number of carboxylic acid groups (broad SMARTS) is 1. The van der Waals surface area contributed by atoms with E-state index in [1.807, 2.05) is 6.92 Å². The van der Waals surface area contributed by atoms with E-state index in [9.17, 15) is 4.79 Å². The minimum Gasteiger partial charge on any atom is -0.478 e. The lowest BCUT2D eigenvalue weighted by molar-refractivity contribution is 0.0697. The molecular formula is C18H17N5O2. The van der Waals surface area contributed by atoms with Crippen LogP contribution in [0.1, 0.15) is 47.7 Å². The van der Waals surface area contributed by atoms with Crippen LogP contribution in [0.2, 0.25) is 0 Å². The van der Waals surface area contributed by atoms with Crippen LogP contribution in [-0.4, -0.2) is 35.8 Å². The first kappa shape index (κ1) is 15.4. The quantitative estimate of drug-likeness (QED) is 0.770. The molecule has 2 aromatic heterocycles. The third-order valence-corrected chi connectivity index (χ3v) is 4.20. The Morgan fingerprint density at radius 3 is 2.44 bits per heavy atom. The van der Waals surface area contributed by atoms with Crippen LogP contribution in [0.15, 0.2) is 36.7 Å². The Morgan fingerprint density at radius 2 is 1.88 bits per heavy atom. The van der Waals surface area contributed by atoms with Crippen LogP contribution in [0, 0.1) is 0 Å². The molecule has 1 fully saturated rings. The lowest BCUT2D eigenvalue weighted by Gasteiger charge is -2.06. The highest BCUT2D eigenvalue weighted by atomic mass is 16.4. The summed E-state index contributed by atoms with van der Waals surface area (Å²) in [5.41, 5.74) is 1.77. The van der Waals surface area contributed by atoms with Crippen LogP contribution in [0.3, 0.4) is 0 Å². The van der Waals surface area contributed by atoms with Gasteiger partial charge in [0.1, 0.15) is 5.82 Å². The second-order valence-electron chi connectivity index (χ2n) is 6.07. The number of aromatic carboxylic acids is 1. The Kier molecular flexibility index (Phi) is 3.76. The molecule has 1 aliphatic carbocycles. The van der Waals surface area contributed by atoms with E-state index < -0.39 is 5.97 Å². The highest BCUT2D eigenvalue weighted by molar-refractivity contribution is 5.87. The van der Waals surface area contributed by atoms with Crippen LogP contribution in [0.25, 0.3) is 17.1 Å². The van der Waals surface area contributed by atoms with E-state index in [0.717, 1.165) is 29.9 Å². The molecular weight excluding hydrogens is 318 g/mol. The molecule has 1 aromatic carbocycles. The van der Waals surface area contributed by atoms with E-state index in [1.165, 1.54) is 0 Å². The van der Waals surface area contributed by atoms with Crippen molar-refractivity contribution in [3.8, 4) is 17.1 Å². The van der Waals surface area contributed by atoms with E-state index in [-0.39, 0.29) is 5.56 Å². The summed E-state index contributed by atoms with van der Waals surface area (Å²) in [5, 5.41) is 13.6. The van der Waals surface area contributed by atoms with Crippen molar-refractivity contribution in [1.29, 1.82) is 0 Å². The van der Waals surface area contributed by atoms with Crippen LogP contribution in [-0.2, 0) is 6.42 Å². The second-order valence-corrected chi connectivity index (χ2v) is 6.07. The number of benzene rings is 1. The number of aromatic nitrogens is 5. The summed E-state index contributed by atoms with van der Waals surface area (Å²) in [6.45, 7) is 1.99. The predicted octanol–water partition coefficient (Wildman–Crippen LogP) is 2.86. The van der Waals surface area contributed by atoms with Gasteiger partial charge in [0.05, 0.1) is 16.8 Å². The number of hydrogen-bond donors (Lipinski definition) is 1. The van der Waals surface area contributed by atoms with Crippen molar-refractivity contribution in [2.45, 2.75) is 32.1 Å². The average Bonchev–Trinajstić information content (AvgIpc) is 3.40. The number of carbonyl (C=O) groups is 1. The summed E-state index contributed by atoms with van der Waals surface area (Å²) in [6.07, 6.45) is 6.59. The fourth-order valence-electron chi connectivity index (χ4n) is 2.62. The molecule has 0 spiro atoms. The third kappa shape index (κ3) is 3.00. The van der Waals surface area contributed by atoms with Gasteiger partial charge in [-0.3, -0.25) is 0 Å². The second kappa shape index (κ2) is 6.08. The monoisotopic (exact) mass is 335 g/mol. The number of carboxylic acids is 1. The SMILES string of the molecule is CCc1nc(-c2cnc(C3CC3)nc2)n(-c2ccc(C(=O)O)cc2)n1. The highest BCUT2D eigenvalue weighted by Crippen LogP contribution is 2.38. The van der Waals surface area contributed by atoms with Gasteiger partial charge in [-0.05, 0) is 37.1 Å². The lowest BCUT2D eigenvalue weighted by atomic mass is 10.2. The van der Waals surface area contributed by atoms with E-state index in [0.29, 0.717) is 24.0 Å². The lowest BCUT2D eigenvalue weighted by Crippen LogP contribution is -2.03. The number of aryl methyl sites for hydroxylation is 1. The molecule has 0 aliphatic heterocycles. The van der Waals surface area contributed by atoms with E-state index >= 15 is 0 Å². The third-order valence-electron chi connectivity index (χ3n) is 4.20. The molecule has 2 heterocycles. The van der Waals surface area contributed by atoms with Crippen molar-refractivity contribution < 1.29 is 9.90 Å². The van der Waals surface area contributed by atoms with Gasteiger partial charge in [-0.25, -0.2) is 24.4 Å². The molecule has 0 unspecified atom stereocenters. The van der Waals surface area contributed by atoms with Crippen LogP contribution in [0.5, 0.6) is 0 Å². The maximum absolute atomic E-state index is 11.0. The Labute approximate surface area is 144 Å². The van der Waals surface area contributed by atoms with Gasteiger partial charge in [0.2, 0.25) is 0 Å². The zero-order valence-corrected chi connectivity index (χ0v) is 13.8. The minimum atomic E-state index is -0.955. The van der Waals surface area contributed by atoms with Gasteiger partial charge >= 0.3 is 5.97 Å². The molecule has 1 aliphatic rings. The van der Waals surface area contributed by atoms with Gasteiger partial charge in [0.15, 0.2) is 11.6 Å². The summed E-state index contributed by atoms with van der Waals surface area (Å²) in [4.78, 5) is 24.5. The van der Waals surface area contributed by atoms with Crippen molar-refractivity contribution in [3.05, 3.63) is 53.9 Å². The van der Waals surface area contributed by atoms with Crippen LogP contribution in [0.4, 0.5) is 0 Å². The van der Waals surface area contributed by atoms with Crippen molar-refractivity contribution in [3.63, 3.8) is 0 Å². The van der Waals surface area contributed by atoms with Crippen molar-refractivity contribution in [1.82, 2.24) is 24.7 Å². The van der Waals surface area contributed by atoms with E-state index in [1.54, 1.807) is 41.3 Å². The van der Waals surface area contributed by atoms with Gasteiger partial charge in [0, 0.05) is 24.7 Å². The zero-order valence-electron chi connectivity index (χ0n) is 13.8. The summed E-state index contributed by atoms with van der Waals surface area (Å²) in [6, 6.07) is 6.56. The van der Waals surface area contributed by atoms with Gasteiger partial charge < -0.3 is 5.11 Å². The van der Waals surface area contributed by atoms with Gasteiger partial charge in [0.25, 0.3) is 0 Å². The molecule has 0 radical (unpaired) electrons. The van der Waals surface area contributed by atoms with Crippen LogP contribution >= 0.6 is 0 Å². The van der Waals surface area contributed by atoms with Crippen molar-refractivity contribution in [2.75, 3.05) is 0 Å². The van der Waals surface area contributed by atoms with Gasteiger partial charge in [-0.2, -0.15) is 5.10 Å². The van der Waals surface area contributed by atoms with Gasteiger partial charge in [-0.15, -0.1) is 0 Å². The Morgan fingerprint density at radius 1 is 1.20 bits per heavy atom. The topological polar surface area (TPSA) is 93.8 Å². The Hall–Kier alpha value is -3.09. The molecule has 126 valence electrons. The highest BCUT2D eigenvalue weighted by Gasteiger charge is 2.26. The first-order valence-electron chi connectivity index (χ1n) is 8.27. The zero-order chi connectivity index (χ0) is 17.4. The smallest absolute Gasteiger partial charge is 0.335 e. The molecule has 0 saturated heterocycles. The normalized spacial score (nSPS) is 13.8. The maximum atomic E-state index is 11.0. The van der Waals surface area contributed by atoms with Crippen LogP contribution < -0.4 is 0 Å². The molecule has 7 nitrogen and oxygen atoms in total. The molecule has 4 rings (SSSR count). The fraction of sp³-hybridized carbons (Fsp3) is 0.278. The molecule has 7 heteroatoms. The standard InChI is InChI=1S/C18H17N5O2/c1-2-15-21-17(13-9-19-16(20-10-13)11-3-4-11)23(22-15)14-7-5-12(6-8-14)18(24)25/h5-11H,2-4H2,1H3,(H,24,25). The van der Waals surface area contributed by atoms with Crippen molar-refractivity contribution in [2.24, 2.45) is 0 Å². The number of nitrogens with zero attached hydrogens (tertiary/aromatic N) is 5. The summed E-state index contributed by atoms with van der Waals surface area (Å²) in [7, 11) is 0. The molecule has 0 atom stereocenters. The van der Waals surface area contributed by atoms with E-state index in [2.05, 4.69) is 20.1 Å². The minimum absolute atomic E-state index is 0.234. The largest absolute Gasteiger partial charge is 0.478 e. The van der Waals surface area contributed by atoms with E-state index in [4.69, 9.17) is 5.11 Å². The summed E-state index contributed by atoms with van der Waals surface area (Å²) in [5.74, 6) is 1.80. The molecule has 25 heavy (non-hydrogen) atoms. The number of rotatable bonds is 5. The summed E-state index contributed by atoms with van der Waals surface area (Å²) < 4.78 is 1.71. The molecule has 1 saturated carbocycles. The Bertz CT molecular complexity index is 912. The summed E-state index contributed by atoms with van der Waals surface area (Å²) >= 11 is 0. The Balaban J connectivity index is 1.74. The average molecular weight is 335 g/mol. The first-order valence-corrected chi connectivity index (χ1v) is 8.27. The molecule has 3 aromatic rings. The first-order chi connectivity index (χ1) is 12.2. The predicted molar refractivity (Wildman–Crippen MR) is 90.7 cm³/mol. The van der Waals surface area contributed by atoms with Gasteiger partial charge in [-0.1, -0.05) is 6.92 Å². The fourth-order valence-corrected chi connectivity index (χ4v) is 2.62. The van der Waals surface area contributed by atoms with Crippen molar-refractivity contribution >= 4 is 5.97 Å². The molecule has 0 bridgehead atoms. The maximum Gasteiger partial charge on any atom is 0.335 e. The number of hydrogen-bond acceptors (Lipinski definition) is 5. The molecule has 1 N–H and O–H groups in total. The molecule has 0 amide bonds.